The molecule has 0 bridgehead atoms. The number of carbonyl (C=O) groups is 1. The van der Waals surface area contributed by atoms with Crippen LogP contribution in [0.4, 0.5) is 16.5 Å². The molecule has 0 aliphatic carbocycles. The van der Waals surface area contributed by atoms with Crippen molar-refractivity contribution >= 4 is 33.8 Å². The number of aryl methyl sites for hydroxylation is 3. The predicted octanol–water partition coefficient (Wildman–Crippen LogP) is 5.06. The highest BCUT2D eigenvalue weighted by molar-refractivity contribution is 7.17. The van der Waals surface area contributed by atoms with Crippen LogP contribution in [0, 0.1) is 20.8 Å². The summed E-state index contributed by atoms with van der Waals surface area (Å²) in [6.45, 7) is 5.88. The first-order valence-corrected chi connectivity index (χ1v) is 8.52. The maximum atomic E-state index is 12.6. The van der Waals surface area contributed by atoms with E-state index in [1.807, 2.05) is 63.2 Å². The molecule has 1 amide bonds. The molecule has 4 nitrogen and oxygen atoms in total. The lowest BCUT2D eigenvalue weighted by Gasteiger charge is -2.06. The fraction of sp³-hybridized carbons (Fsp3) is 0.158. The Balaban J connectivity index is 1.78. The third-order valence-corrected chi connectivity index (χ3v) is 4.58. The SMILES string of the molecule is Cc1cc(C)cc(NC(=O)c2sc(Nc3ccccc3)nc2C)c1. The van der Waals surface area contributed by atoms with Gasteiger partial charge in [0.2, 0.25) is 0 Å². The molecule has 122 valence electrons. The molecule has 0 spiro atoms. The van der Waals surface area contributed by atoms with E-state index in [9.17, 15) is 4.79 Å². The number of rotatable bonds is 4. The summed E-state index contributed by atoms with van der Waals surface area (Å²) in [7, 11) is 0. The van der Waals surface area contributed by atoms with E-state index in [2.05, 4.69) is 21.7 Å². The molecule has 0 saturated heterocycles. The number of hydrogen-bond donors (Lipinski definition) is 2. The fourth-order valence-corrected chi connectivity index (χ4v) is 3.42. The van der Waals surface area contributed by atoms with E-state index in [-0.39, 0.29) is 5.91 Å². The van der Waals surface area contributed by atoms with Gasteiger partial charge in [-0.3, -0.25) is 4.79 Å². The molecule has 0 radical (unpaired) electrons. The van der Waals surface area contributed by atoms with Crippen molar-refractivity contribution in [2.45, 2.75) is 20.8 Å². The molecule has 0 unspecified atom stereocenters. The van der Waals surface area contributed by atoms with E-state index in [0.717, 1.165) is 28.2 Å². The van der Waals surface area contributed by atoms with E-state index in [0.29, 0.717) is 10.0 Å². The molecule has 3 aromatic rings. The molecule has 0 aliphatic rings. The summed E-state index contributed by atoms with van der Waals surface area (Å²) in [4.78, 5) is 17.6. The predicted molar refractivity (Wildman–Crippen MR) is 100 cm³/mol. The number of carbonyl (C=O) groups excluding carboxylic acids is 1. The quantitative estimate of drug-likeness (QED) is 0.699. The summed E-state index contributed by atoms with van der Waals surface area (Å²) < 4.78 is 0. The summed E-state index contributed by atoms with van der Waals surface area (Å²) in [5.74, 6) is -0.129. The number of benzene rings is 2. The first-order chi connectivity index (χ1) is 11.5. The van der Waals surface area contributed by atoms with E-state index in [4.69, 9.17) is 0 Å². The van der Waals surface area contributed by atoms with Crippen LogP contribution in [0.3, 0.4) is 0 Å². The fourth-order valence-electron chi connectivity index (χ4n) is 2.54. The zero-order valence-corrected chi connectivity index (χ0v) is 14.7. The van der Waals surface area contributed by atoms with E-state index < -0.39 is 0 Å². The first kappa shape index (κ1) is 16.2. The zero-order chi connectivity index (χ0) is 17.1. The largest absolute Gasteiger partial charge is 0.332 e. The van der Waals surface area contributed by atoms with Crippen LogP contribution in [0.25, 0.3) is 0 Å². The van der Waals surface area contributed by atoms with Crippen molar-refractivity contribution in [3.8, 4) is 0 Å². The lowest BCUT2D eigenvalue weighted by atomic mass is 10.1. The molecule has 2 aromatic carbocycles. The minimum absolute atomic E-state index is 0.129. The monoisotopic (exact) mass is 337 g/mol. The molecule has 3 rings (SSSR count). The summed E-state index contributed by atoms with van der Waals surface area (Å²) in [5, 5.41) is 6.90. The van der Waals surface area contributed by atoms with Crippen molar-refractivity contribution < 1.29 is 4.79 Å². The Bertz CT molecular complexity index is 851. The molecule has 2 N–H and O–H groups in total. The van der Waals surface area contributed by atoms with Gasteiger partial charge in [0, 0.05) is 11.4 Å². The topological polar surface area (TPSA) is 54.0 Å². The second-order valence-corrected chi connectivity index (χ2v) is 6.75. The lowest BCUT2D eigenvalue weighted by molar-refractivity contribution is 0.103. The molecule has 1 heterocycles. The van der Waals surface area contributed by atoms with Crippen molar-refractivity contribution in [1.29, 1.82) is 0 Å². The molecule has 0 atom stereocenters. The number of aromatic nitrogens is 1. The first-order valence-electron chi connectivity index (χ1n) is 7.70. The van der Waals surface area contributed by atoms with Crippen molar-refractivity contribution in [2.75, 3.05) is 10.6 Å². The van der Waals surface area contributed by atoms with Crippen LogP contribution in [-0.2, 0) is 0 Å². The van der Waals surface area contributed by atoms with Crippen molar-refractivity contribution in [1.82, 2.24) is 4.98 Å². The van der Waals surface area contributed by atoms with Crippen molar-refractivity contribution in [2.24, 2.45) is 0 Å². The van der Waals surface area contributed by atoms with Crippen molar-refractivity contribution in [3.63, 3.8) is 0 Å². The Morgan fingerprint density at radius 2 is 1.62 bits per heavy atom. The lowest BCUT2D eigenvalue weighted by Crippen LogP contribution is -2.11. The summed E-state index contributed by atoms with van der Waals surface area (Å²) >= 11 is 1.36. The van der Waals surface area contributed by atoms with Crippen LogP contribution in [0.5, 0.6) is 0 Å². The Hall–Kier alpha value is -2.66. The molecule has 24 heavy (non-hydrogen) atoms. The van der Waals surface area contributed by atoms with Gasteiger partial charge in [0.15, 0.2) is 5.13 Å². The molecule has 1 aromatic heterocycles. The highest BCUT2D eigenvalue weighted by Gasteiger charge is 2.16. The van der Waals surface area contributed by atoms with E-state index in [1.54, 1.807) is 0 Å². The second-order valence-electron chi connectivity index (χ2n) is 5.76. The van der Waals surface area contributed by atoms with Gasteiger partial charge in [-0.05, 0) is 56.2 Å². The van der Waals surface area contributed by atoms with E-state index in [1.165, 1.54) is 11.3 Å². The maximum Gasteiger partial charge on any atom is 0.267 e. The van der Waals surface area contributed by atoms with Gasteiger partial charge in [-0.1, -0.05) is 35.6 Å². The van der Waals surface area contributed by atoms with Gasteiger partial charge < -0.3 is 10.6 Å². The average molecular weight is 337 g/mol. The Morgan fingerprint density at radius 3 is 2.29 bits per heavy atom. The normalized spacial score (nSPS) is 10.5. The molecule has 5 heteroatoms. The third-order valence-electron chi connectivity index (χ3n) is 3.51. The zero-order valence-electron chi connectivity index (χ0n) is 13.9. The molecule has 0 fully saturated rings. The third kappa shape index (κ3) is 3.81. The smallest absolute Gasteiger partial charge is 0.267 e. The summed E-state index contributed by atoms with van der Waals surface area (Å²) in [6.07, 6.45) is 0. The van der Waals surface area contributed by atoms with Gasteiger partial charge in [0.1, 0.15) is 4.88 Å². The van der Waals surface area contributed by atoms with Crippen LogP contribution in [0.15, 0.2) is 48.5 Å². The molecule has 0 aliphatic heterocycles. The summed E-state index contributed by atoms with van der Waals surface area (Å²) in [5.41, 5.74) is 4.73. The van der Waals surface area contributed by atoms with Gasteiger partial charge >= 0.3 is 0 Å². The molecular formula is C19H19N3OS. The number of amides is 1. The van der Waals surface area contributed by atoms with Gasteiger partial charge in [-0.15, -0.1) is 0 Å². The Kier molecular flexibility index (Phi) is 4.62. The number of nitrogens with zero attached hydrogens (tertiary/aromatic N) is 1. The number of hydrogen-bond acceptors (Lipinski definition) is 4. The Labute approximate surface area is 145 Å². The van der Waals surface area contributed by atoms with Crippen LogP contribution < -0.4 is 10.6 Å². The number of anilines is 3. The molecule has 0 saturated carbocycles. The average Bonchev–Trinajstić information content (AvgIpc) is 2.88. The Morgan fingerprint density at radius 1 is 0.958 bits per heavy atom. The van der Waals surface area contributed by atoms with Crippen LogP contribution in [0.2, 0.25) is 0 Å². The standard InChI is InChI=1S/C19H19N3OS/c1-12-9-13(2)11-16(10-12)21-18(23)17-14(3)20-19(24-17)22-15-7-5-4-6-8-15/h4-11H,1-3H3,(H,20,22)(H,21,23). The highest BCUT2D eigenvalue weighted by Crippen LogP contribution is 2.26. The van der Waals surface area contributed by atoms with Crippen LogP contribution in [0.1, 0.15) is 26.5 Å². The van der Waals surface area contributed by atoms with Gasteiger partial charge in [-0.25, -0.2) is 4.98 Å². The van der Waals surface area contributed by atoms with Crippen LogP contribution in [-0.4, -0.2) is 10.9 Å². The van der Waals surface area contributed by atoms with Crippen molar-refractivity contribution in [3.05, 3.63) is 70.2 Å². The van der Waals surface area contributed by atoms with Gasteiger partial charge in [0.25, 0.3) is 5.91 Å². The minimum Gasteiger partial charge on any atom is -0.332 e. The highest BCUT2D eigenvalue weighted by atomic mass is 32.1. The second kappa shape index (κ2) is 6.84. The number of para-hydroxylation sites is 1. The van der Waals surface area contributed by atoms with Crippen LogP contribution >= 0.6 is 11.3 Å². The van der Waals surface area contributed by atoms with Gasteiger partial charge in [0.05, 0.1) is 5.69 Å². The van der Waals surface area contributed by atoms with E-state index >= 15 is 0 Å². The number of thiazole rings is 1. The molecular weight excluding hydrogens is 318 g/mol. The van der Waals surface area contributed by atoms with Gasteiger partial charge in [-0.2, -0.15) is 0 Å². The summed E-state index contributed by atoms with van der Waals surface area (Å²) in [6, 6.07) is 15.8. The number of nitrogens with one attached hydrogen (secondary N) is 2. The maximum absolute atomic E-state index is 12.6. The minimum atomic E-state index is -0.129.